The van der Waals surface area contributed by atoms with Crippen molar-refractivity contribution in [3.8, 4) is 5.75 Å². The molecule has 2 aromatic carbocycles. The third-order valence-corrected chi connectivity index (χ3v) is 4.24. The van der Waals surface area contributed by atoms with E-state index in [0.717, 1.165) is 29.0 Å². The molecule has 27 heavy (non-hydrogen) atoms. The fraction of sp³-hybridized carbons (Fsp3) is 0.333. The van der Waals surface area contributed by atoms with Crippen LogP contribution in [0, 0.1) is 6.92 Å². The molecule has 5 nitrogen and oxygen atoms in total. The summed E-state index contributed by atoms with van der Waals surface area (Å²) in [5.41, 5.74) is 2.46. The summed E-state index contributed by atoms with van der Waals surface area (Å²) >= 11 is 5.92. The minimum absolute atomic E-state index is 0.120. The van der Waals surface area contributed by atoms with Gasteiger partial charge in [0.05, 0.1) is 19.1 Å². The van der Waals surface area contributed by atoms with Gasteiger partial charge < -0.3 is 15.4 Å². The van der Waals surface area contributed by atoms with E-state index < -0.39 is 6.04 Å². The van der Waals surface area contributed by atoms with E-state index in [0.29, 0.717) is 11.6 Å². The molecule has 0 aliphatic carbocycles. The Morgan fingerprint density at radius 2 is 1.85 bits per heavy atom. The molecular weight excluding hydrogens is 364 g/mol. The van der Waals surface area contributed by atoms with Gasteiger partial charge in [0.25, 0.3) is 0 Å². The third kappa shape index (κ3) is 6.61. The van der Waals surface area contributed by atoms with Gasteiger partial charge in [0, 0.05) is 17.6 Å². The fourth-order valence-corrected chi connectivity index (χ4v) is 2.79. The third-order valence-electron chi connectivity index (χ3n) is 3.98. The molecule has 0 aromatic heterocycles. The highest BCUT2D eigenvalue weighted by molar-refractivity contribution is 6.30. The van der Waals surface area contributed by atoms with Crippen molar-refractivity contribution in [2.24, 2.45) is 0 Å². The van der Waals surface area contributed by atoms with Gasteiger partial charge in [0.1, 0.15) is 5.75 Å². The Labute approximate surface area is 165 Å². The molecule has 0 aliphatic rings. The van der Waals surface area contributed by atoms with E-state index in [9.17, 15) is 9.59 Å². The van der Waals surface area contributed by atoms with E-state index in [2.05, 4.69) is 10.6 Å². The summed E-state index contributed by atoms with van der Waals surface area (Å²) in [6.07, 6.45) is 1.06. The molecule has 0 saturated carbocycles. The number of halogens is 1. The first kappa shape index (κ1) is 20.8. The van der Waals surface area contributed by atoms with Crippen LogP contribution in [0.3, 0.4) is 0 Å². The van der Waals surface area contributed by atoms with E-state index in [1.165, 1.54) is 6.92 Å². The molecule has 0 saturated heterocycles. The van der Waals surface area contributed by atoms with Crippen molar-refractivity contribution in [1.82, 2.24) is 5.32 Å². The van der Waals surface area contributed by atoms with Crippen LogP contribution in [-0.2, 0) is 9.59 Å². The number of nitrogens with one attached hydrogen (secondary N) is 2. The predicted molar refractivity (Wildman–Crippen MR) is 108 cm³/mol. The van der Waals surface area contributed by atoms with Gasteiger partial charge in [-0.1, -0.05) is 30.7 Å². The van der Waals surface area contributed by atoms with Crippen molar-refractivity contribution in [3.63, 3.8) is 0 Å². The molecule has 0 aliphatic heterocycles. The summed E-state index contributed by atoms with van der Waals surface area (Å²) in [5.74, 6) is 0.398. The maximum Gasteiger partial charge on any atom is 0.226 e. The van der Waals surface area contributed by atoms with Gasteiger partial charge in [0.15, 0.2) is 0 Å². The van der Waals surface area contributed by atoms with Crippen LogP contribution in [0.25, 0.3) is 0 Å². The Morgan fingerprint density at radius 1 is 1.15 bits per heavy atom. The number of rotatable bonds is 8. The Hall–Kier alpha value is -2.53. The largest absolute Gasteiger partial charge is 0.494 e. The number of carbonyl (C=O) groups excluding carboxylic acids is 2. The van der Waals surface area contributed by atoms with Crippen molar-refractivity contribution in [1.29, 1.82) is 0 Å². The van der Waals surface area contributed by atoms with E-state index in [1.807, 2.05) is 32.0 Å². The zero-order valence-electron chi connectivity index (χ0n) is 15.8. The van der Waals surface area contributed by atoms with Crippen molar-refractivity contribution in [3.05, 3.63) is 58.6 Å². The topological polar surface area (TPSA) is 67.4 Å². The van der Waals surface area contributed by atoms with Gasteiger partial charge in [-0.3, -0.25) is 9.59 Å². The molecule has 0 spiro atoms. The summed E-state index contributed by atoms with van der Waals surface area (Å²) in [7, 11) is 0. The number of aryl methyl sites for hydroxylation is 1. The van der Waals surface area contributed by atoms with Crippen LogP contribution in [0.4, 0.5) is 5.69 Å². The van der Waals surface area contributed by atoms with Gasteiger partial charge >= 0.3 is 0 Å². The average Bonchev–Trinajstić information content (AvgIpc) is 2.61. The molecule has 6 heteroatoms. The number of hydrogen-bond acceptors (Lipinski definition) is 3. The maximum absolute atomic E-state index is 12.5. The molecule has 0 heterocycles. The van der Waals surface area contributed by atoms with Gasteiger partial charge in [-0.05, 0) is 54.8 Å². The number of hydrogen-bond donors (Lipinski definition) is 2. The highest BCUT2D eigenvalue weighted by atomic mass is 35.5. The van der Waals surface area contributed by atoms with Crippen LogP contribution in [0.1, 0.15) is 43.9 Å². The van der Waals surface area contributed by atoms with Crippen molar-refractivity contribution in [2.75, 3.05) is 11.9 Å². The van der Waals surface area contributed by atoms with Crippen LogP contribution in [0.5, 0.6) is 5.75 Å². The molecule has 0 radical (unpaired) electrons. The first-order chi connectivity index (χ1) is 12.9. The summed E-state index contributed by atoms with van der Waals surface area (Å²) in [6.45, 7) is 6.05. The van der Waals surface area contributed by atoms with Crippen LogP contribution in [0.2, 0.25) is 5.02 Å². The van der Waals surface area contributed by atoms with E-state index in [1.54, 1.807) is 24.3 Å². The quantitative estimate of drug-likeness (QED) is 0.692. The average molecular weight is 389 g/mol. The Bertz CT molecular complexity index is 791. The molecular formula is C21H25ClN2O3. The van der Waals surface area contributed by atoms with Crippen LogP contribution >= 0.6 is 11.6 Å². The minimum atomic E-state index is -0.424. The molecule has 1 unspecified atom stereocenters. The molecule has 2 amide bonds. The molecule has 2 rings (SSSR count). The second-order valence-electron chi connectivity index (χ2n) is 6.38. The van der Waals surface area contributed by atoms with Gasteiger partial charge in [-0.2, -0.15) is 0 Å². The number of anilines is 1. The van der Waals surface area contributed by atoms with Crippen molar-refractivity contribution >= 4 is 29.1 Å². The monoisotopic (exact) mass is 388 g/mol. The van der Waals surface area contributed by atoms with Gasteiger partial charge in [0.2, 0.25) is 11.8 Å². The SMILES string of the molecule is CCCOc1ccc(NC(=O)CC(NC(C)=O)c2ccc(Cl)cc2)c(C)c1. The van der Waals surface area contributed by atoms with Crippen molar-refractivity contribution in [2.45, 2.75) is 39.7 Å². The number of amides is 2. The van der Waals surface area contributed by atoms with Gasteiger partial charge in [-0.25, -0.2) is 0 Å². The van der Waals surface area contributed by atoms with E-state index in [4.69, 9.17) is 16.3 Å². The summed E-state index contributed by atoms with van der Waals surface area (Å²) in [6, 6.07) is 12.2. The standard InChI is InChI=1S/C21H25ClN2O3/c1-4-11-27-18-9-10-19(14(2)12-18)24-21(26)13-20(23-15(3)25)16-5-7-17(22)8-6-16/h5-10,12,20H,4,11,13H2,1-3H3,(H,23,25)(H,24,26). The van der Waals surface area contributed by atoms with Crippen LogP contribution < -0.4 is 15.4 Å². The van der Waals surface area contributed by atoms with E-state index in [-0.39, 0.29) is 18.2 Å². The summed E-state index contributed by atoms with van der Waals surface area (Å²) in [5, 5.41) is 6.33. The smallest absolute Gasteiger partial charge is 0.226 e. The zero-order chi connectivity index (χ0) is 19.8. The highest BCUT2D eigenvalue weighted by Gasteiger charge is 2.18. The van der Waals surface area contributed by atoms with Crippen molar-refractivity contribution < 1.29 is 14.3 Å². The molecule has 144 valence electrons. The first-order valence-corrected chi connectivity index (χ1v) is 9.32. The fourth-order valence-electron chi connectivity index (χ4n) is 2.67. The minimum Gasteiger partial charge on any atom is -0.494 e. The Balaban J connectivity index is 2.06. The lowest BCUT2D eigenvalue weighted by molar-refractivity contribution is -0.120. The summed E-state index contributed by atoms with van der Waals surface area (Å²) in [4.78, 5) is 24.1. The van der Waals surface area contributed by atoms with Gasteiger partial charge in [-0.15, -0.1) is 0 Å². The summed E-state index contributed by atoms with van der Waals surface area (Å²) < 4.78 is 5.60. The number of carbonyl (C=O) groups is 2. The molecule has 1 atom stereocenters. The lowest BCUT2D eigenvalue weighted by atomic mass is 10.0. The predicted octanol–water partition coefficient (Wildman–Crippen LogP) is 4.64. The Morgan fingerprint density at radius 3 is 2.44 bits per heavy atom. The lowest BCUT2D eigenvalue weighted by Gasteiger charge is -2.19. The van der Waals surface area contributed by atoms with E-state index >= 15 is 0 Å². The van der Waals surface area contributed by atoms with Crippen LogP contribution in [-0.4, -0.2) is 18.4 Å². The number of benzene rings is 2. The second-order valence-corrected chi connectivity index (χ2v) is 6.82. The molecule has 2 aromatic rings. The highest BCUT2D eigenvalue weighted by Crippen LogP contribution is 2.24. The number of ether oxygens (including phenoxy) is 1. The zero-order valence-corrected chi connectivity index (χ0v) is 16.6. The Kier molecular flexibility index (Phi) is 7.67. The molecule has 0 fully saturated rings. The maximum atomic E-state index is 12.5. The van der Waals surface area contributed by atoms with Crippen LogP contribution in [0.15, 0.2) is 42.5 Å². The lowest BCUT2D eigenvalue weighted by Crippen LogP contribution is -2.29. The second kappa shape index (κ2) is 9.97. The first-order valence-electron chi connectivity index (χ1n) is 8.95. The molecule has 2 N–H and O–H groups in total. The normalized spacial score (nSPS) is 11.6. The molecule has 0 bridgehead atoms.